The SMILES string of the molecule is Cc1cccc(C(=O)Nc2cc(C)nn2-c2nc(C)c(C)c(=O)[nH]2)c1. The van der Waals surface area contributed by atoms with Crippen molar-refractivity contribution in [1.82, 2.24) is 19.7 Å². The lowest BCUT2D eigenvalue weighted by molar-refractivity contribution is 0.102. The van der Waals surface area contributed by atoms with Gasteiger partial charge in [-0.25, -0.2) is 4.98 Å². The van der Waals surface area contributed by atoms with Crippen molar-refractivity contribution in [3.63, 3.8) is 0 Å². The number of hydrogen-bond acceptors (Lipinski definition) is 4. The van der Waals surface area contributed by atoms with Gasteiger partial charge in [0.25, 0.3) is 11.5 Å². The monoisotopic (exact) mass is 337 g/mol. The molecule has 0 spiro atoms. The molecule has 7 heteroatoms. The number of rotatable bonds is 3. The fourth-order valence-corrected chi connectivity index (χ4v) is 2.46. The van der Waals surface area contributed by atoms with Crippen molar-refractivity contribution in [2.75, 3.05) is 5.32 Å². The maximum absolute atomic E-state index is 12.5. The zero-order valence-electron chi connectivity index (χ0n) is 14.5. The van der Waals surface area contributed by atoms with Gasteiger partial charge in [0.1, 0.15) is 5.82 Å². The van der Waals surface area contributed by atoms with Gasteiger partial charge in [0.05, 0.1) is 5.69 Å². The van der Waals surface area contributed by atoms with E-state index in [0.29, 0.717) is 28.3 Å². The van der Waals surface area contributed by atoms with Crippen molar-refractivity contribution in [2.24, 2.45) is 0 Å². The molecule has 0 radical (unpaired) electrons. The molecule has 25 heavy (non-hydrogen) atoms. The Morgan fingerprint density at radius 2 is 1.92 bits per heavy atom. The van der Waals surface area contributed by atoms with Crippen molar-refractivity contribution < 1.29 is 4.79 Å². The molecule has 3 aromatic rings. The summed E-state index contributed by atoms with van der Waals surface area (Å²) in [6.45, 7) is 7.20. The van der Waals surface area contributed by atoms with Crippen molar-refractivity contribution in [3.8, 4) is 5.95 Å². The van der Waals surface area contributed by atoms with E-state index in [4.69, 9.17) is 0 Å². The average Bonchev–Trinajstić information content (AvgIpc) is 2.92. The summed E-state index contributed by atoms with van der Waals surface area (Å²) in [4.78, 5) is 31.6. The second kappa shape index (κ2) is 6.35. The molecule has 2 heterocycles. The van der Waals surface area contributed by atoms with Crippen LogP contribution in [-0.2, 0) is 0 Å². The topological polar surface area (TPSA) is 92.7 Å². The number of carbonyl (C=O) groups is 1. The number of hydrogen-bond donors (Lipinski definition) is 2. The van der Waals surface area contributed by atoms with Gasteiger partial charge in [-0.1, -0.05) is 17.7 Å². The highest BCUT2D eigenvalue weighted by molar-refractivity contribution is 6.04. The second-order valence-corrected chi connectivity index (χ2v) is 6.01. The number of carbonyl (C=O) groups excluding carboxylic acids is 1. The summed E-state index contributed by atoms with van der Waals surface area (Å²) in [6.07, 6.45) is 0. The molecule has 1 aromatic carbocycles. The van der Waals surface area contributed by atoms with Gasteiger partial charge in [-0.3, -0.25) is 14.6 Å². The van der Waals surface area contributed by atoms with Crippen LogP contribution in [0.3, 0.4) is 0 Å². The van der Waals surface area contributed by atoms with Crippen molar-refractivity contribution in [3.05, 3.63) is 68.8 Å². The minimum absolute atomic E-state index is 0.230. The molecule has 7 nitrogen and oxygen atoms in total. The summed E-state index contributed by atoms with van der Waals surface area (Å²) in [7, 11) is 0. The molecule has 0 aliphatic carbocycles. The molecule has 0 atom stereocenters. The van der Waals surface area contributed by atoms with Crippen LogP contribution in [0, 0.1) is 27.7 Å². The first-order chi connectivity index (χ1) is 11.8. The summed E-state index contributed by atoms with van der Waals surface area (Å²) in [5, 5.41) is 7.15. The van der Waals surface area contributed by atoms with Gasteiger partial charge in [-0.15, -0.1) is 0 Å². The number of nitrogens with zero attached hydrogens (tertiary/aromatic N) is 3. The van der Waals surface area contributed by atoms with Gasteiger partial charge in [0.2, 0.25) is 5.95 Å². The van der Waals surface area contributed by atoms with Crippen molar-refractivity contribution in [1.29, 1.82) is 0 Å². The van der Waals surface area contributed by atoms with Crippen LogP contribution in [0.4, 0.5) is 5.82 Å². The predicted octanol–water partition coefficient (Wildman–Crippen LogP) is 2.44. The highest BCUT2D eigenvalue weighted by Gasteiger charge is 2.15. The first kappa shape index (κ1) is 16.6. The normalized spacial score (nSPS) is 10.7. The Labute approximate surface area is 144 Å². The minimum Gasteiger partial charge on any atom is -0.306 e. The fraction of sp³-hybridized carbons (Fsp3) is 0.222. The smallest absolute Gasteiger partial charge is 0.256 e. The third-order valence-corrected chi connectivity index (χ3v) is 3.94. The third kappa shape index (κ3) is 3.35. The van der Waals surface area contributed by atoms with Gasteiger partial charge in [0.15, 0.2) is 0 Å². The Bertz CT molecular complexity index is 1020. The molecule has 0 aliphatic heterocycles. The van der Waals surface area contributed by atoms with E-state index in [9.17, 15) is 9.59 Å². The maximum Gasteiger partial charge on any atom is 0.256 e. The van der Waals surface area contributed by atoms with Gasteiger partial charge in [0, 0.05) is 22.9 Å². The number of anilines is 1. The van der Waals surface area contributed by atoms with E-state index in [-0.39, 0.29) is 17.4 Å². The van der Waals surface area contributed by atoms with Crippen LogP contribution < -0.4 is 10.9 Å². The number of benzene rings is 1. The molecule has 0 saturated carbocycles. The molecule has 128 valence electrons. The number of aromatic amines is 1. The van der Waals surface area contributed by atoms with Crippen LogP contribution in [0.5, 0.6) is 0 Å². The van der Waals surface area contributed by atoms with Crippen molar-refractivity contribution >= 4 is 11.7 Å². The third-order valence-electron chi connectivity index (χ3n) is 3.94. The Hall–Kier alpha value is -3.22. The largest absolute Gasteiger partial charge is 0.306 e. The number of H-pyrrole nitrogens is 1. The highest BCUT2D eigenvalue weighted by Crippen LogP contribution is 2.16. The Balaban J connectivity index is 1.99. The molecule has 1 amide bonds. The number of nitrogens with one attached hydrogen (secondary N) is 2. The van der Waals surface area contributed by atoms with E-state index in [1.54, 1.807) is 39.0 Å². The number of aromatic nitrogens is 4. The van der Waals surface area contributed by atoms with Crippen LogP contribution in [0.2, 0.25) is 0 Å². The lowest BCUT2D eigenvalue weighted by Gasteiger charge is -2.09. The van der Waals surface area contributed by atoms with Crippen LogP contribution >= 0.6 is 0 Å². The molecule has 0 unspecified atom stereocenters. The Kier molecular flexibility index (Phi) is 4.22. The van der Waals surface area contributed by atoms with E-state index >= 15 is 0 Å². The number of aryl methyl sites for hydroxylation is 3. The maximum atomic E-state index is 12.5. The lowest BCUT2D eigenvalue weighted by Crippen LogP contribution is -2.20. The molecular formula is C18H19N5O2. The standard InChI is InChI=1S/C18H19N5O2/c1-10-6-5-7-14(8-10)17(25)20-15-9-11(2)22-23(15)18-19-13(4)12(3)16(24)21-18/h5-9H,1-4H3,(H,20,25)(H,19,21,24). The number of amides is 1. The molecule has 0 fully saturated rings. The molecule has 0 bridgehead atoms. The molecule has 3 rings (SSSR count). The van der Waals surface area contributed by atoms with E-state index in [0.717, 1.165) is 5.56 Å². The van der Waals surface area contributed by atoms with Gasteiger partial charge in [-0.05, 0) is 39.8 Å². The molecular weight excluding hydrogens is 318 g/mol. The quantitative estimate of drug-likeness (QED) is 0.768. The fourth-order valence-electron chi connectivity index (χ4n) is 2.46. The first-order valence-electron chi connectivity index (χ1n) is 7.87. The average molecular weight is 337 g/mol. The lowest BCUT2D eigenvalue weighted by atomic mass is 10.1. The highest BCUT2D eigenvalue weighted by atomic mass is 16.1. The van der Waals surface area contributed by atoms with E-state index < -0.39 is 0 Å². The van der Waals surface area contributed by atoms with Crippen LogP contribution in [0.1, 0.15) is 32.9 Å². The molecule has 0 saturated heterocycles. The zero-order chi connectivity index (χ0) is 18.1. The molecule has 0 aliphatic rings. The first-order valence-corrected chi connectivity index (χ1v) is 7.87. The molecule has 2 aromatic heterocycles. The Morgan fingerprint density at radius 3 is 2.60 bits per heavy atom. The summed E-state index contributed by atoms with van der Waals surface area (Å²) < 4.78 is 1.43. The second-order valence-electron chi connectivity index (χ2n) is 6.01. The van der Waals surface area contributed by atoms with Crippen LogP contribution in [0.15, 0.2) is 35.1 Å². The zero-order valence-corrected chi connectivity index (χ0v) is 14.5. The summed E-state index contributed by atoms with van der Waals surface area (Å²) in [6, 6.07) is 9.03. The minimum atomic E-state index is -0.254. The van der Waals surface area contributed by atoms with Crippen LogP contribution in [-0.4, -0.2) is 25.7 Å². The molecule has 2 N–H and O–H groups in total. The summed E-state index contributed by atoms with van der Waals surface area (Å²) in [5.74, 6) is 0.451. The van der Waals surface area contributed by atoms with E-state index in [1.807, 2.05) is 19.1 Å². The van der Waals surface area contributed by atoms with Gasteiger partial charge in [-0.2, -0.15) is 9.78 Å². The van der Waals surface area contributed by atoms with Crippen LogP contribution in [0.25, 0.3) is 5.95 Å². The predicted molar refractivity (Wildman–Crippen MR) is 95.3 cm³/mol. The summed E-state index contributed by atoms with van der Waals surface area (Å²) in [5.41, 5.74) is 3.18. The summed E-state index contributed by atoms with van der Waals surface area (Å²) >= 11 is 0. The van der Waals surface area contributed by atoms with Crippen molar-refractivity contribution in [2.45, 2.75) is 27.7 Å². The van der Waals surface area contributed by atoms with Gasteiger partial charge >= 0.3 is 0 Å². The Morgan fingerprint density at radius 1 is 1.16 bits per heavy atom. The van der Waals surface area contributed by atoms with E-state index in [1.165, 1.54) is 4.68 Å². The van der Waals surface area contributed by atoms with Gasteiger partial charge < -0.3 is 5.32 Å². The van der Waals surface area contributed by atoms with E-state index in [2.05, 4.69) is 20.4 Å².